The van der Waals surface area contributed by atoms with E-state index in [1.54, 1.807) is 18.2 Å². The molecule has 2 aromatic rings. The Morgan fingerprint density at radius 2 is 1.67 bits per heavy atom. The zero-order valence-corrected chi connectivity index (χ0v) is 18.4. The Morgan fingerprint density at radius 3 is 2.30 bits per heavy atom. The number of ketones is 2. The molecule has 5 rings (SSSR count). The van der Waals surface area contributed by atoms with Crippen LogP contribution in [0.4, 0.5) is 4.39 Å². The van der Waals surface area contributed by atoms with E-state index in [2.05, 4.69) is 0 Å². The van der Waals surface area contributed by atoms with Crippen LogP contribution in [0.2, 0.25) is 15.1 Å². The summed E-state index contributed by atoms with van der Waals surface area (Å²) in [6.45, 7) is -0.116. The quantitative estimate of drug-likeness (QED) is 0.421. The zero-order valence-electron chi connectivity index (χ0n) is 16.2. The highest BCUT2D eigenvalue weighted by Gasteiger charge is 2.70. The molecule has 3 aliphatic carbocycles. The van der Waals surface area contributed by atoms with E-state index in [-0.39, 0.29) is 39.8 Å². The van der Waals surface area contributed by atoms with Gasteiger partial charge in [0.25, 0.3) is 0 Å². The lowest BCUT2D eigenvalue weighted by Gasteiger charge is -2.70. The lowest BCUT2D eigenvalue weighted by molar-refractivity contribution is -0.208. The molecule has 158 valence electrons. The van der Waals surface area contributed by atoms with Gasteiger partial charge in [-0.2, -0.15) is 0 Å². The topological polar surface area (TPSA) is 43.4 Å². The molecule has 2 bridgehead atoms. The number of halogens is 4. The summed E-state index contributed by atoms with van der Waals surface area (Å²) in [7, 11) is 0. The van der Waals surface area contributed by atoms with Crippen LogP contribution < -0.4 is 4.74 Å². The van der Waals surface area contributed by atoms with Crippen LogP contribution in [0.5, 0.6) is 5.75 Å². The summed E-state index contributed by atoms with van der Waals surface area (Å²) < 4.78 is 18.8. The Balaban J connectivity index is 1.23. The number of carbonyl (C=O) groups excluding carboxylic acids is 2. The Kier molecular flexibility index (Phi) is 5.86. The molecular formula is C23H20Cl3FO3. The standard InChI is InChI=1S/C23H20Cl3FO3/c24-17-2-1-3-18(25)16(17)5-7-21(29)23-11-22(12-23,13-23)9-14(28)10-30-15-4-6-19(26)20(27)8-15/h1-4,6,8H,5,7,9-13H2. The van der Waals surface area contributed by atoms with Gasteiger partial charge in [-0.3, -0.25) is 9.59 Å². The fourth-order valence-electron chi connectivity index (χ4n) is 4.96. The molecule has 7 heteroatoms. The molecule has 0 aromatic heterocycles. The van der Waals surface area contributed by atoms with Crippen LogP contribution >= 0.6 is 34.8 Å². The number of carbonyl (C=O) groups is 2. The Labute approximate surface area is 189 Å². The molecule has 0 aliphatic heterocycles. The average molecular weight is 470 g/mol. The summed E-state index contributed by atoms with van der Waals surface area (Å²) in [6, 6.07) is 9.41. The van der Waals surface area contributed by atoms with Crippen molar-refractivity contribution in [2.45, 2.75) is 38.5 Å². The van der Waals surface area contributed by atoms with Crippen molar-refractivity contribution in [1.29, 1.82) is 0 Å². The van der Waals surface area contributed by atoms with Gasteiger partial charge in [-0.05, 0) is 60.9 Å². The maximum atomic E-state index is 13.4. The Bertz CT molecular complexity index is 981. The predicted molar refractivity (Wildman–Crippen MR) is 115 cm³/mol. The molecule has 2 aromatic carbocycles. The van der Waals surface area contributed by atoms with E-state index in [9.17, 15) is 14.0 Å². The minimum absolute atomic E-state index is 0.00863. The van der Waals surface area contributed by atoms with Crippen molar-refractivity contribution in [3.05, 3.63) is 62.8 Å². The van der Waals surface area contributed by atoms with Crippen LogP contribution in [-0.2, 0) is 16.0 Å². The van der Waals surface area contributed by atoms with Gasteiger partial charge in [-0.25, -0.2) is 4.39 Å². The van der Waals surface area contributed by atoms with Crippen molar-refractivity contribution in [2.75, 3.05) is 6.61 Å². The van der Waals surface area contributed by atoms with E-state index < -0.39 is 5.82 Å². The van der Waals surface area contributed by atoms with Gasteiger partial charge in [0.2, 0.25) is 0 Å². The number of hydrogen-bond donors (Lipinski definition) is 0. The second kappa shape index (κ2) is 8.14. The number of rotatable bonds is 9. The van der Waals surface area contributed by atoms with E-state index in [1.165, 1.54) is 12.1 Å². The van der Waals surface area contributed by atoms with Crippen molar-refractivity contribution < 1.29 is 18.7 Å². The van der Waals surface area contributed by atoms with Crippen LogP contribution in [0.25, 0.3) is 0 Å². The summed E-state index contributed by atoms with van der Waals surface area (Å²) in [6.07, 6.45) is 3.55. The summed E-state index contributed by atoms with van der Waals surface area (Å²) in [5.74, 6) is -0.137. The molecule has 3 saturated carbocycles. The number of benzene rings is 2. The molecule has 0 atom stereocenters. The third-order valence-corrected chi connectivity index (χ3v) is 7.27. The summed E-state index contributed by atoms with van der Waals surface area (Å²) in [5, 5.41) is 1.17. The molecule has 0 saturated heterocycles. The molecule has 0 N–H and O–H groups in total. The highest BCUT2D eigenvalue weighted by Crippen LogP contribution is 2.75. The Hall–Kier alpha value is -1.62. The minimum Gasteiger partial charge on any atom is -0.486 e. The van der Waals surface area contributed by atoms with Crippen LogP contribution in [0.1, 0.15) is 37.7 Å². The predicted octanol–water partition coefficient (Wildman–Crippen LogP) is 6.50. The SMILES string of the molecule is O=C(COc1ccc(Cl)c(F)c1)CC12CC(C(=O)CCc3c(Cl)cccc3Cl)(C1)C2. The number of Topliss-reactive ketones (excluding diaryl/α,β-unsaturated/α-hetero) is 2. The lowest BCUT2D eigenvalue weighted by Crippen LogP contribution is -2.65. The normalized spacial score (nSPS) is 24.0. The molecule has 3 fully saturated rings. The first kappa shape index (κ1) is 21.6. The smallest absolute Gasteiger partial charge is 0.170 e. The van der Waals surface area contributed by atoms with Gasteiger partial charge in [0.05, 0.1) is 5.02 Å². The molecule has 0 heterocycles. The second-order valence-electron chi connectivity index (χ2n) is 8.51. The average Bonchev–Trinajstić information content (AvgIpc) is 2.64. The van der Waals surface area contributed by atoms with Crippen molar-refractivity contribution in [3.8, 4) is 5.75 Å². The zero-order chi connectivity index (χ0) is 21.5. The summed E-state index contributed by atoms with van der Waals surface area (Å²) >= 11 is 18.0. The fraction of sp³-hybridized carbons (Fsp3) is 0.391. The first-order chi connectivity index (χ1) is 14.2. The molecule has 0 amide bonds. The molecular weight excluding hydrogens is 450 g/mol. The Morgan fingerprint density at radius 1 is 1.00 bits per heavy atom. The van der Waals surface area contributed by atoms with Crippen molar-refractivity contribution in [2.24, 2.45) is 10.8 Å². The van der Waals surface area contributed by atoms with E-state index in [0.29, 0.717) is 29.3 Å². The van der Waals surface area contributed by atoms with Crippen molar-refractivity contribution >= 4 is 46.4 Å². The van der Waals surface area contributed by atoms with Gasteiger partial charge in [-0.1, -0.05) is 40.9 Å². The van der Waals surface area contributed by atoms with Crippen LogP contribution in [0.15, 0.2) is 36.4 Å². The number of hydrogen-bond acceptors (Lipinski definition) is 3. The molecule has 0 spiro atoms. The van der Waals surface area contributed by atoms with Gasteiger partial charge in [0.1, 0.15) is 24.0 Å². The lowest BCUT2D eigenvalue weighted by atomic mass is 9.33. The third kappa shape index (κ3) is 4.10. The van der Waals surface area contributed by atoms with Gasteiger partial charge in [0, 0.05) is 34.4 Å². The first-order valence-electron chi connectivity index (χ1n) is 9.78. The van der Waals surface area contributed by atoms with Crippen molar-refractivity contribution in [1.82, 2.24) is 0 Å². The fourth-order valence-corrected chi connectivity index (χ4v) is 5.66. The van der Waals surface area contributed by atoms with Gasteiger partial charge in [0.15, 0.2) is 5.78 Å². The van der Waals surface area contributed by atoms with E-state index in [0.717, 1.165) is 30.9 Å². The molecule has 30 heavy (non-hydrogen) atoms. The van der Waals surface area contributed by atoms with E-state index >= 15 is 0 Å². The second-order valence-corrected chi connectivity index (χ2v) is 9.74. The first-order valence-corrected chi connectivity index (χ1v) is 10.9. The molecule has 0 unspecified atom stereocenters. The van der Waals surface area contributed by atoms with Gasteiger partial charge < -0.3 is 4.74 Å². The van der Waals surface area contributed by atoms with Crippen LogP contribution in [-0.4, -0.2) is 18.2 Å². The highest BCUT2D eigenvalue weighted by atomic mass is 35.5. The van der Waals surface area contributed by atoms with Crippen LogP contribution in [0, 0.1) is 16.6 Å². The van der Waals surface area contributed by atoms with E-state index in [1.807, 2.05) is 0 Å². The summed E-state index contributed by atoms with van der Waals surface area (Å²) in [5.41, 5.74) is 0.443. The molecule has 3 nitrogen and oxygen atoms in total. The minimum atomic E-state index is -0.584. The van der Waals surface area contributed by atoms with E-state index in [4.69, 9.17) is 39.5 Å². The van der Waals surface area contributed by atoms with Crippen LogP contribution in [0.3, 0.4) is 0 Å². The maximum Gasteiger partial charge on any atom is 0.170 e. The van der Waals surface area contributed by atoms with Crippen molar-refractivity contribution in [3.63, 3.8) is 0 Å². The highest BCUT2D eigenvalue weighted by molar-refractivity contribution is 6.36. The summed E-state index contributed by atoms with van der Waals surface area (Å²) in [4.78, 5) is 25.0. The third-order valence-electron chi connectivity index (χ3n) is 6.26. The maximum absolute atomic E-state index is 13.4. The molecule has 3 aliphatic rings. The monoisotopic (exact) mass is 468 g/mol. The van der Waals surface area contributed by atoms with Gasteiger partial charge >= 0.3 is 0 Å². The number of ether oxygens (including phenoxy) is 1. The largest absolute Gasteiger partial charge is 0.486 e. The molecule has 0 radical (unpaired) electrons. The van der Waals surface area contributed by atoms with Gasteiger partial charge in [-0.15, -0.1) is 0 Å².